The van der Waals surface area contributed by atoms with Crippen molar-refractivity contribution in [3.63, 3.8) is 0 Å². The SMILES string of the molecule is C=CCP(C)(CCCC)(CCCC)CCCCCCCCCCCCCCC. The van der Waals surface area contributed by atoms with E-state index < -0.39 is 6.60 Å². The molecule has 0 saturated carbocycles. The van der Waals surface area contributed by atoms with Crippen molar-refractivity contribution in [2.24, 2.45) is 0 Å². The minimum atomic E-state index is -1.54. The molecule has 0 amide bonds. The van der Waals surface area contributed by atoms with Gasteiger partial charge in [0, 0.05) is 0 Å². The van der Waals surface area contributed by atoms with Crippen LogP contribution in [-0.2, 0) is 0 Å². The van der Waals surface area contributed by atoms with Gasteiger partial charge in [-0.2, -0.15) is 0 Å². The van der Waals surface area contributed by atoms with Gasteiger partial charge in [-0.3, -0.25) is 0 Å². The third kappa shape index (κ3) is 14.2. The van der Waals surface area contributed by atoms with Gasteiger partial charge in [0.05, 0.1) is 0 Å². The van der Waals surface area contributed by atoms with E-state index in [1.165, 1.54) is 134 Å². The minimum Gasteiger partial charge on any atom is -0.0654 e. The third-order valence-corrected chi connectivity index (χ3v) is 13.6. The summed E-state index contributed by atoms with van der Waals surface area (Å²) in [5, 5.41) is 0. The first-order valence-corrected chi connectivity index (χ1v) is 16.6. The van der Waals surface area contributed by atoms with E-state index in [1.807, 2.05) is 0 Å². The van der Waals surface area contributed by atoms with Crippen LogP contribution in [0.2, 0.25) is 0 Å². The van der Waals surface area contributed by atoms with Gasteiger partial charge in [-0.05, 0) is 0 Å². The quantitative estimate of drug-likeness (QED) is 0.0942. The molecule has 0 saturated heterocycles. The number of unbranched alkanes of at least 4 members (excludes halogenated alkanes) is 14. The first kappa shape index (κ1) is 28.2. The van der Waals surface area contributed by atoms with E-state index in [-0.39, 0.29) is 0 Å². The Bertz CT molecular complexity index is 338. The molecule has 0 atom stereocenters. The number of allylic oxidation sites excluding steroid dienone is 1. The van der Waals surface area contributed by atoms with Gasteiger partial charge in [0.25, 0.3) is 0 Å². The Hall–Kier alpha value is 0.170. The number of rotatable bonds is 22. The maximum atomic E-state index is 4.15. The molecule has 0 bridgehead atoms. The second kappa shape index (κ2) is 18.0. The molecular formula is C27H57P. The molecule has 0 aromatic carbocycles. The molecule has 1 heteroatoms. The molecule has 0 rings (SSSR count). The van der Waals surface area contributed by atoms with Gasteiger partial charge in [0.2, 0.25) is 0 Å². The predicted molar refractivity (Wildman–Crippen MR) is 138 cm³/mol. The molecule has 28 heavy (non-hydrogen) atoms. The van der Waals surface area contributed by atoms with Crippen LogP contribution in [0, 0.1) is 0 Å². The Morgan fingerprint density at radius 3 is 1.18 bits per heavy atom. The monoisotopic (exact) mass is 412 g/mol. The molecule has 0 radical (unpaired) electrons. The fourth-order valence-electron chi connectivity index (χ4n) is 4.94. The first-order valence-electron chi connectivity index (χ1n) is 13.1. The zero-order valence-corrected chi connectivity index (χ0v) is 21.5. The van der Waals surface area contributed by atoms with E-state index in [4.69, 9.17) is 0 Å². The van der Waals surface area contributed by atoms with Gasteiger partial charge in [-0.25, -0.2) is 0 Å². The molecular weight excluding hydrogens is 355 g/mol. The summed E-state index contributed by atoms with van der Waals surface area (Å²) < 4.78 is 0. The van der Waals surface area contributed by atoms with Gasteiger partial charge < -0.3 is 0 Å². The van der Waals surface area contributed by atoms with Crippen molar-refractivity contribution in [2.75, 3.05) is 31.3 Å². The van der Waals surface area contributed by atoms with Gasteiger partial charge in [0.1, 0.15) is 0 Å². The fraction of sp³-hybridized carbons (Fsp3) is 0.926. The van der Waals surface area contributed by atoms with Crippen LogP contribution in [0.15, 0.2) is 12.7 Å². The molecule has 0 fully saturated rings. The smallest absolute Gasteiger partial charge is 0.0654 e. The van der Waals surface area contributed by atoms with Gasteiger partial charge >= 0.3 is 161 Å². The van der Waals surface area contributed by atoms with Crippen molar-refractivity contribution in [1.82, 2.24) is 0 Å². The van der Waals surface area contributed by atoms with Crippen molar-refractivity contribution < 1.29 is 0 Å². The van der Waals surface area contributed by atoms with E-state index in [2.05, 4.69) is 40.1 Å². The molecule has 0 aromatic heterocycles. The summed E-state index contributed by atoms with van der Waals surface area (Å²) in [6, 6.07) is 0. The molecule has 0 nitrogen and oxygen atoms in total. The zero-order valence-electron chi connectivity index (χ0n) is 20.6. The summed E-state index contributed by atoms with van der Waals surface area (Å²) >= 11 is 0. The van der Waals surface area contributed by atoms with E-state index in [9.17, 15) is 0 Å². The van der Waals surface area contributed by atoms with Crippen LogP contribution in [0.4, 0.5) is 0 Å². The molecule has 0 heterocycles. The molecule has 0 aliphatic rings. The van der Waals surface area contributed by atoms with Crippen LogP contribution >= 0.6 is 6.60 Å². The molecule has 0 aliphatic carbocycles. The molecule has 0 spiro atoms. The summed E-state index contributed by atoms with van der Waals surface area (Å²) in [6.45, 7) is 12.4. The van der Waals surface area contributed by atoms with Crippen LogP contribution in [0.3, 0.4) is 0 Å². The van der Waals surface area contributed by atoms with Crippen LogP contribution in [0.5, 0.6) is 0 Å². The predicted octanol–water partition coefficient (Wildman–Crippen LogP) is 10.0. The van der Waals surface area contributed by atoms with Crippen LogP contribution in [-0.4, -0.2) is 31.3 Å². The summed E-state index contributed by atoms with van der Waals surface area (Å²) in [5.41, 5.74) is 0. The summed E-state index contributed by atoms with van der Waals surface area (Å²) in [5.74, 6) is 0. The van der Waals surface area contributed by atoms with Gasteiger partial charge in [-0.1, -0.05) is 19.8 Å². The standard InChI is InChI=1S/C27H57P/c1-6-10-13-14-15-16-17-18-19-20-21-22-23-27-28(5,24-9-4,25-11-7-2)26-12-8-3/h9H,4,6-8,10-27H2,1-3,5H3. The molecule has 170 valence electrons. The minimum absolute atomic E-state index is 1.34. The van der Waals surface area contributed by atoms with E-state index in [0.717, 1.165) is 0 Å². The Labute approximate surface area is 180 Å². The summed E-state index contributed by atoms with van der Waals surface area (Å²) in [6.07, 6.45) is 32.8. The first-order chi connectivity index (χ1) is 13.5. The van der Waals surface area contributed by atoms with Crippen LogP contribution in [0.1, 0.15) is 130 Å². The Kier molecular flexibility index (Phi) is 18.1. The van der Waals surface area contributed by atoms with Crippen LogP contribution in [0.25, 0.3) is 0 Å². The number of hydrogen-bond acceptors (Lipinski definition) is 0. The second-order valence-corrected chi connectivity index (χ2v) is 17.1. The number of hydrogen-bond donors (Lipinski definition) is 0. The average Bonchev–Trinajstić information content (AvgIpc) is 2.69. The summed E-state index contributed by atoms with van der Waals surface area (Å²) in [4.78, 5) is 0. The second-order valence-electron chi connectivity index (χ2n) is 10.2. The topological polar surface area (TPSA) is 0 Å². The average molecular weight is 413 g/mol. The van der Waals surface area contributed by atoms with E-state index in [1.54, 1.807) is 0 Å². The van der Waals surface area contributed by atoms with E-state index in [0.29, 0.717) is 0 Å². The zero-order chi connectivity index (χ0) is 21.0. The van der Waals surface area contributed by atoms with Crippen molar-refractivity contribution in [1.29, 1.82) is 0 Å². The van der Waals surface area contributed by atoms with Gasteiger partial charge in [-0.15, -0.1) is 0 Å². The van der Waals surface area contributed by atoms with Crippen molar-refractivity contribution in [3.05, 3.63) is 12.7 Å². The van der Waals surface area contributed by atoms with Crippen molar-refractivity contribution in [2.45, 2.75) is 130 Å². The maximum absolute atomic E-state index is 4.15. The van der Waals surface area contributed by atoms with Gasteiger partial charge in [0.15, 0.2) is 0 Å². The molecule has 0 aromatic rings. The molecule has 0 N–H and O–H groups in total. The molecule has 0 aliphatic heterocycles. The Morgan fingerprint density at radius 1 is 0.500 bits per heavy atom. The Balaban J connectivity index is 3.96. The fourth-order valence-corrected chi connectivity index (χ4v) is 10.8. The summed E-state index contributed by atoms with van der Waals surface area (Å²) in [7, 11) is 0. The molecule has 0 unspecified atom stereocenters. The van der Waals surface area contributed by atoms with Crippen molar-refractivity contribution >= 4 is 6.60 Å². The third-order valence-electron chi connectivity index (χ3n) is 7.08. The van der Waals surface area contributed by atoms with E-state index >= 15 is 0 Å². The van der Waals surface area contributed by atoms with Crippen LogP contribution < -0.4 is 0 Å². The van der Waals surface area contributed by atoms with Crippen molar-refractivity contribution in [3.8, 4) is 0 Å². The normalized spacial score (nSPS) is 13.4. The Morgan fingerprint density at radius 2 is 0.821 bits per heavy atom.